The third-order valence-electron chi connectivity index (χ3n) is 13.9. The van der Waals surface area contributed by atoms with Crippen LogP contribution in [0.1, 0.15) is 156 Å². The summed E-state index contributed by atoms with van der Waals surface area (Å²) in [4.78, 5) is 70.6. The number of aliphatic carboxylic acids is 1. The molecule has 0 saturated heterocycles. The summed E-state index contributed by atoms with van der Waals surface area (Å²) in [5.41, 5.74) is -5.69. The molecule has 0 aromatic heterocycles. The van der Waals surface area contributed by atoms with Crippen LogP contribution in [0.25, 0.3) is 0 Å². The normalized spacial score (nSPS) is 29.8. The van der Waals surface area contributed by atoms with Crippen molar-refractivity contribution in [1.29, 1.82) is 0 Å². The maximum absolute atomic E-state index is 17.4. The van der Waals surface area contributed by atoms with Crippen molar-refractivity contribution in [2.45, 2.75) is 173 Å². The summed E-state index contributed by atoms with van der Waals surface area (Å²) in [7, 11) is 1.23. The first-order chi connectivity index (χ1) is 29.4. The van der Waals surface area contributed by atoms with Crippen molar-refractivity contribution in [1.82, 2.24) is 0 Å². The molecular weight excluding hydrogens is 800 g/mol. The first-order valence-electron chi connectivity index (χ1n) is 22.9. The van der Waals surface area contributed by atoms with Crippen LogP contribution in [0.5, 0.6) is 0 Å². The zero-order valence-corrected chi connectivity index (χ0v) is 37.8. The van der Waals surface area contributed by atoms with Gasteiger partial charge in [0.15, 0.2) is 18.1 Å². The number of aliphatic hydroxyl groups is 2. The molecule has 0 bridgehead atoms. The summed E-state index contributed by atoms with van der Waals surface area (Å²) in [6.07, 6.45) is 25.9. The topological polar surface area (TPSA) is 191 Å². The number of ketones is 2. The number of carboxylic acids is 1. The third-order valence-corrected chi connectivity index (χ3v) is 13.9. The van der Waals surface area contributed by atoms with Crippen LogP contribution in [-0.2, 0) is 43.0 Å². The molecule has 348 valence electrons. The second-order valence-electron chi connectivity index (χ2n) is 18.0. The van der Waals surface area contributed by atoms with Gasteiger partial charge in [0, 0.05) is 16.7 Å². The second kappa shape index (κ2) is 24.8. The number of esters is 3. The number of allylic oxidation sites excluding steroid dienone is 8. The van der Waals surface area contributed by atoms with E-state index in [1.807, 2.05) is 0 Å². The minimum absolute atomic E-state index is 0.0498. The number of Topliss-reactive ketones (excluding diaryl/α,β-unsaturated/α-hetero) is 1. The number of fused-ring (bicyclic) bond motifs is 5. The number of carbonyl (C=O) groups is 6. The molecule has 3 N–H and O–H groups in total. The lowest BCUT2D eigenvalue weighted by Gasteiger charge is -2.62. The largest absolute Gasteiger partial charge is 0.481 e. The van der Waals surface area contributed by atoms with E-state index in [1.54, 1.807) is 26.8 Å². The van der Waals surface area contributed by atoms with Crippen molar-refractivity contribution in [2.75, 3.05) is 20.3 Å². The summed E-state index contributed by atoms with van der Waals surface area (Å²) >= 11 is 0. The van der Waals surface area contributed by atoms with Gasteiger partial charge in [0.2, 0.25) is 5.78 Å². The Hall–Kier alpha value is -3.97. The smallest absolute Gasteiger partial charge is 0.306 e. The summed E-state index contributed by atoms with van der Waals surface area (Å²) in [5, 5.41) is 31.6. The van der Waals surface area contributed by atoms with Crippen LogP contribution in [0.3, 0.4) is 0 Å². The minimum Gasteiger partial charge on any atom is -0.481 e. The van der Waals surface area contributed by atoms with E-state index < -0.39 is 82.2 Å². The van der Waals surface area contributed by atoms with Gasteiger partial charge in [-0.15, -0.1) is 0 Å². The monoisotopic (exact) mass is 873 g/mol. The SMILES string of the molecule is CCCCC/C=C\C/C=C\CCCCCCCCOC(=O)CCC(=O)OCC(=O)[C@@]1(O)[C@H](C)C[C@H]2[C@@H]3CCC4=CC(=O)C=C[C@]4(C)[C@@]3(F)[C@@H](O)C[C@@]21C.COC(=O)CCC(=O)O. The molecule has 0 aromatic carbocycles. The Kier molecular flexibility index (Phi) is 20.9. The van der Waals surface area contributed by atoms with Crippen LogP contribution in [0.15, 0.2) is 48.1 Å². The first-order valence-corrected chi connectivity index (χ1v) is 22.9. The van der Waals surface area contributed by atoms with E-state index in [0.717, 1.165) is 38.5 Å². The fourth-order valence-corrected chi connectivity index (χ4v) is 10.3. The molecule has 0 aromatic rings. The number of alkyl halides is 1. The molecule has 0 radical (unpaired) electrons. The number of carbonyl (C=O) groups excluding carboxylic acids is 5. The van der Waals surface area contributed by atoms with Gasteiger partial charge < -0.3 is 29.5 Å². The zero-order valence-electron chi connectivity index (χ0n) is 37.8. The molecule has 4 aliphatic rings. The number of hydrogen-bond donors (Lipinski definition) is 3. The van der Waals surface area contributed by atoms with E-state index in [4.69, 9.17) is 14.6 Å². The highest BCUT2D eigenvalue weighted by molar-refractivity contribution is 6.01. The van der Waals surface area contributed by atoms with Gasteiger partial charge in [-0.2, -0.15) is 0 Å². The number of aliphatic hydroxyl groups excluding tert-OH is 1. The Morgan fingerprint density at radius 3 is 2.06 bits per heavy atom. The standard InChI is InChI=1S/C44H65FO8.C5H8O4/c1-5-6-7-8-9-10-11-12-13-14-15-16-17-18-19-20-27-52-39(49)23-24-40(50)53-31-38(48)44(51)32(2)28-36-35-22-21-33-29-34(46)25-26-41(33,3)43(35,45)37(47)30-42(36,44)4;1-9-5(8)3-2-4(6)7/h9-10,12-13,25-26,29,32,35-37,47,51H,5-8,11,14-24,27-28,30-31H2,1-4H3;2-3H2,1H3,(H,6,7)/b10-9-,13-12-;/t32-,35+,36+,37+,41+,42+,43+,44+;/m1./s1. The maximum atomic E-state index is 17.4. The molecule has 0 spiro atoms. The quantitative estimate of drug-likeness (QED) is 0.0363. The van der Waals surface area contributed by atoms with E-state index in [0.29, 0.717) is 31.4 Å². The number of methoxy groups -OCH3 is 1. The van der Waals surface area contributed by atoms with Crippen LogP contribution >= 0.6 is 0 Å². The van der Waals surface area contributed by atoms with Crippen LogP contribution in [0, 0.1) is 28.6 Å². The van der Waals surface area contributed by atoms with Crippen molar-refractivity contribution in [3.05, 3.63) is 48.1 Å². The number of ether oxygens (including phenoxy) is 3. The molecule has 0 unspecified atom stereocenters. The van der Waals surface area contributed by atoms with Crippen molar-refractivity contribution in [3.8, 4) is 0 Å². The van der Waals surface area contributed by atoms with Crippen LogP contribution in [0.4, 0.5) is 4.39 Å². The molecule has 13 heteroatoms. The number of carboxylic acid groups (broad SMARTS) is 1. The second-order valence-corrected chi connectivity index (χ2v) is 18.0. The lowest BCUT2D eigenvalue weighted by molar-refractivity contribution is -0.220. The first kappa shape index (κ1) is 52.4. The Balaban J connectivity index is 0.00000102. The Morgan fingerprint density at radius 1 is 0.839 bits per heavy atom. The Morgan fingerprint density at radius 2 is 1.44 bits per heavy atom. The summed E-state index contributed by atoms with van der Waals surface area (Å²) < 4.78 is 32.1. The molecule has 0 heterocycles. The maximum Gasteiger partial charge on any atom is 0.306 e. The fourth-order valence-electron chi connectivity index (χ4n) is 10.3. The van der Waals surface area contributed by atoms with Crippen molar-refractivity contribution in [2.24, 2.45) is 28.6 Å². The van der Waals surface area contributed by atoms with Crippen molar-refractivity contribution < 1.29 is 62.7 Å². The summed E-state index contributed by atoms with van der Waals surface area (Å²) in [5.74, 6) is -5.24. The molecule has 12 nitrogen and oxygen atoms in total. The third kappa shape index (κ3) is 13.0. The molecule has 0 amide bonds. The molecule has 4 aliphatic carbocycles. The minimum atomic E-state index is -2.07. The van der Waals surface area contributed by atoms with Crippen molar-refractivity contribution >= 4 is 35.4 Å². The number of halogens is 1. The molecule has 62 heavy (non-hydrogen) atoms. The van der Waals surface area contributed by atoms with E-state index in [-0.39, 0.29) is 37.9 Å². The number of hydrogen-bond acceptors (Lipinski definition) is 11. The van der Waals surface area contributed by atoms with E-state index in [9.17, 15) is 39.0 Å². The molecule has 4 rings (SSSR count). The van der Waals surface area contributed by atoms with Gasteiger partial charge in [0.1, 0.15) is 5.60 Å². The molecule has 8 atom stereocenters. The van der Waals surface area contributed by atoms with E-state index in [2.05, 4.69) is 36.0 Å². The van der Waals surface area contributed by atoms with Gasteiger partial charge in [-0.1, -0.05) is 95.2 Å². The predicted octanol–water partition coefficient (Wildman–Crippen LogP) is 8.61. The highest BCUT2D eigenvalue weighted by atomic mass is 19.1. The molecule has 3 saturated carbocycles. The number of rotatable bonds is 24. The lowest BCUT2D eigenvalue weighted by Crippen LogP contribution is -2.69. The lowest BCUT2D eigenvalue weighted by atomic mass is 9.44. The molecule has 3 fully saturated rings. The average Bonchev–Trinajstić information content (AvgIpc) is 3.44. The van der Waals surface area contributed by atoms with Gasteiger partial charge in [0.05, 0.1) is 45.5 Å². The van der Waals surface area contributed by atoms with Crippen LogP contribution in [-0.4, -0.2) is 88.5 Å². The van der Waals surface area contributed by atoms with Gasteiger partial charge in [-0.05, 0) is 95.1 Å². The van der Waals surface area contributed by atoms with Gasteiger partial charge in [-0.3, -0.25) is 28.8 Å². The van der Waals surface area contributed by atoms with Crippen LogP contribution < -0.4 is 0 Å². The van der Waals surface area contributed by atoms with Crippen molar-refractivity contribution in [3.63, 3.8) is 0 Å². The average molecular weight is 873 g/mol. The van der Waals surface area contributed by atoms with Gasteiger partial charge >= 0.3 is 23.9 Å². The molecular formula is C49H73FO12. The Bertz CT molecular complexity index is 1670. The number of unbranched alkanes of at least 4 members (excludes halogenated alkanes) is 9. The summed E-state index contributed by atoms with van der Waals surface area (Å²) in [6.45, 7) is 7.05. The summed E-state index contributed by atoms with van der Waals surface area (Å²) in [6, 6.07) is 0. The van der Waals surface area contributed by atoms with Crippen LogP contribution in [0.2, 0.25) is 0 Å². The van der Waals surface area contributed by atoms with Gasteiger partial charge in [-0.25, -0.2) is 4.39 Å². The highest BCUT2D eigenvalue weighted by Gasteiger charge is 2.75. The zero-order chi connectivity index (χ0) is 46.0. The van der Waals surface area contributed by atoms with E-state index >= 15 is 4.39 Å². The predicted molar refractivity (Wildman–Crippen MR) is 232 cm³/mol. The van der Waals surface area contributed by atoms with Gasteiger partial charge in [0.25, 0.3) is 0 Å². The highest BCUT2D eigenvalue weighted by Crippen LogP contribution is 2.70. The van der Waals surface area contributed by atoms with E-state index in [1.165, 1.54) is 57.8 Å². The fraction of sp³-hybridized carbons (Fsp3) is 0.714. The Labute approximate surface area is 367 Å². The molecule has 0 aliphatic heterocycles.